The van der Waals surface area contributed by atoms with Gasteiger partial charge in [0.2, 0.25) is 0 Å². The second-order valence-electron chi connectivity index (χ2n) is 7.34. The molecule has 0 aromatic heterocycles. The molecule has 2 rings (SSSR count). The fraction of sp³-hybridized carbons (Fsp3) is 0.588. The maximum Gasteiger partial charge on any atom is 0.163 e. The van der Waals surface area contributed by atoms with E-state index in [0.717, 1.165) is 12.8 Å². The number of hydrogen-bond acceptors (Lipinski definition) is 3. The predicted octanol–water partition coefficient (Wildman–Crippen LogP) is 3.52. The number of ketones is 1. The summed E-state index contributed by atoms with van der Waals surface area (Å²) in [5.74, 6) is 0.775. The van der Waals surface area contributed by atoms with E-state index in [1.165, 1.54) is 0 Å². The fourth-order valence-electron chi connectivity index (χ4n) is 3.71. The first-order valence-corrected chi connectivity index (χ1v) is 7.28. The van der Waals surface area contributed by atoms with Crippen molar-refractivity contribution < 1.29 is 9.90 Å². The number of phenolic OH excluding ortho intramolecular Hbond substituents is 1. The van der Waals surface area contributed by atoms with Crippen molar-refractivity contribution in [2.45, 2.75) is 58.0 Å². The highest BCUT2D eigenvalue weighted by molar-refractivity contribution is 5.96. The van der Waals surface area contributed by atoms with Crippen molar-refractivity contribution >= 4 is 5.78 Å². The third-order valence-electron chi connectivity index (χ3n) is 3.94. The van der Waals surface area contributed by atoms with Gasteiger partial charge in [-0.1, -0.05) is 0 Å². The van der Waals surface area contributed by atoms with Gasteiger partial charge in [-0.25, -0.2) is 0 Å². The van der Waals surface area contributed by atoms with Crippen LogP contribution in [0.1, 0.15) is 57.3 Å². The monoisotopic (exact) mass is 275 g/mol. The number of phenols is 1. The predicted molar refractivity (Wildman–Crippen MR) is 81.1 cm³/mol. The van der Waals surface area contributed by atoms with E-state index in [-0.39, 0.29) is 22.6 Å². The van der Waals surface area contributed by atoms with Crippen LogP contribution in [0, 0.1) is 5.92 Å². The van der Waals surface area contributed by atoms with Crippen LogP contribution in [0.25, 0.3) is 0 Å². The molecule has 0 bridgehead atoms. The SMILES string of the molecule is CC1(C)CC(CC(=O)c2ccc(O)cc2)CC(C)(C)N1. The Bertz CT molecular complexity index is 472. The van der Waals surface area contributed by atoms with E-state index in [9.17, 15) is 9.90 Å². The van der Waals surface area contributed by atoms with Gasteiger partial charge in [0.15, 0.2) is 5.78 Å². The molecule has 3 nitrogen and oxygen atoms in total. The van der Waals surface area contributed by atoms with Crippen LogP contribution in [0.3, 0.4) is 0 Å². The van der Waals surface area contributed by atoms with Gasteiger partial charge in [-0.2, -0.15) is 0 Å². The van der Waals surface area contributed by atoms with Crippen LogP contribution < -0.4 is 5.32 Å². The molecular formula is C17H25NO2. The molecule has 0 spiro atoms. The van der Waals surface area contributed by atoms with E-state index in [0.29, 0.717) is 17.9 Å². The number of piperidine rings is 1. The third-order valence-corrected chi connectivity index (χ3v) is 3.94. The largest absolute Gasteiger partial charge is 0.508 e. The summed E-state index contributed by atoms with van der Waals surface area (Å²) in [6.45, 7) is 8.80. The second-order valence-corrected chi connectivity index (χ2v) is 7.34. The summed E-state index contributed by atoms with van der Waals surface area (Å²) < 4.78 is 0. The van der Waals surface area contributed by atoms with Crippen LogP contribution in [-0.4, -0.2) is 22.0 Å². The lowest BCUT2D eigenvalue weighted by Gasteiger charge is -2.46. The van der Waals surface area contributed by atoms with Gasteiger partial charge in [-0.15, -0.1) is 0 Å². The summed E-state index contributed by atoms with van der Waals surface area (Å²) in [5, 5.41) is 12.9. The molecule has 0 aliphatic carbocycles. The third kappa shape index (κ3) is 3.83. The molecular weight excluding hydrogens is 250 g/mol. The molecule has 3 heteroatoms. The quantitative estimate of drug-likeness (QED) is 0.830. The van der Waals surface area contributed by atoms with Gasteiger partial charge >= 0.3 is 0 Å². The maximum absolute atomic E-state index is 12.3. The van der Waals surface area contributed by atoms with Gasteiger partial charge in [0.1, 0.15) is 5.75 Å². The lowest BCUT2D eigenvalue weighted by molar-refractivity contribution is 0.0864. The molecule has 1 fully saturated rings. The number of Topliss-reactive ketones (excluding diaryl/α,β-unsaturated/α-hetero) is 1. The molecule has 0 atom stereocenters. The summed E-state index contributed by atoms with van der Waals surface area (Å²) in [6.07, 6.45) is 2.61. The molecule has 1 aliphatic heterocycles. The Hall–Kier alpha value is -1.35. The van der Waals surface area contributed by atoms with E-state index in [4.69, 9.17) is 0 Å². The Morgan fingerprint density at radius 1 is 1.15 bits per heavy atom. The van der Waals surface area contributed by atoms with Gasteiger partial charge in [-0.3, -0.25) is 4.79 Å². The van der Waals surface area contributed by atoms with Gasteiger partial charge in [0.25, 0.3) is 0 Å². The standard InChI is InChI=1S/C17H25NO2/c1-16(2)10-12(11-17(3,4)18-16)9-15(20)13-5-7-14(19)8-6-13/h5-8,12,18-19H,9-11H2,1-4H3. The van der Waals surface area contributed by atoms with Gasteiger partial charge in [-0.05, 0) is 70.7 Å². The van der Waals surface area contributed by atoms with Crippen LogP contribution in [0.15, 0.2) is 24.3 Å². The number of benzene rings is 1. The lowest BCUT2D eigenvalue weighted by Crippen LogP contribution is -2.57. The zero-order chi connectivity index (χ0) is 15.0. The molecule has 0 unspecified atom stereocenters. The van der Waals surface area contributed by atoms with Crippen molar-refractivity contribution in [2.24, 2.45) is 5.92 Å². The van der Waals surface area contributed by atoms with Crippen molar-refractivity contribution in [1.29, 1.82) is 0 Å². The molecule has 1 aromatic rings. The minimum Gasteiger partial charge on any atom is -0.508 e. The van der Waals surface area contributed by atoms with E-state index < -0.39 is 0 Å². The topological polar surface area (TPSA) is 49.3 Å². The molecule has 0 radical (unpaired) electrons. The first kappa shape index (κ1) is 15.0. The van der Waals surface area contributed by atoms with Crippen molar-refractivity contribution in [1.82, 2.24) is 5.32 Å². The highest BCUT2D eigenvalue weighted by atomic mass is 16.3. The highest BCUT2D eigenvalue weighted by Crippen LogP contribution is 2.35. The minimum absolute atomic E-state index is 0.0711. The van der Waals surface area contributed by atoms with Crippen LogP contribution in [0.5, 0.6) is 5.75 Å². The van der Waals surface area contributed by atoms with Crippen molar-refractivity contribution in [3.05, 3.63) is 29.8 Å². The number of nitrogens with one attached hydrogen (secondary N) is 1. The molecule has 1 aromatic carbocycles. The molecule has 0 saturated carbocycles. The molecule has 2 N–H and O–H groups in total. The molecule has 20 heavy (non-hydrogen) atoms. The minimum atomic E-state index is 0.0711. The summed E-state index contributed by atoms with van der Waals surface area (Å²) in [7, 11) is 0. The first-order chi connectivity index (χ1) is 9.17. The Morgan fingerprint density at radius 3 is 2.15 bits per heavy atom. The number of hydrogen-bond donors (Lipinski definition) is 2. The van der Waals surface area contributed by atoms with E-state index >= 15 is 0 Å². The molecule has 1 saturated heterocycles. The lowest BCUT2D eigenvalue weighted by atomic mass is 9.74. The van der Waals surface area contributed by atoms with Gasteiger partial charge < -0.3 is 10.4 Å². The highest BCUT2D eigenvalue weighted by Gasteiger charge is 2.38. The van der Waals surface area contributed by atoms with Crippen LogP contribution >= 0.6 is 0 Å². The Labute approximate surface area is 121 Å². The summed E-state index contributed by atoms with van der Waals surface area (Å²) >= 11 is 0. The number of rotatable bonds is 3. The summed E-state index contributed by atoms with van der Waals surface area (Å²) in [5.41, 5.74) is 0.834. The van der Waals surface area contributed by atoms with Crippen LogP contribution in [-0.2, 0) is 0 Å². The Kier molecular flexibility index (Phi) is 3.92. The number of carbonyl (C=O) groups excluding carboxylic acids is 1. The van der Waals surface area contributed by atoms with Crippen LogP contribution in [0.2, 0.25) is 0 Å². The van der Waals surface area contributed by atoms with Crippen molar-refractivity contribution in [2.75, 3.05) is 0 Å². The fourth-order valence-corrected chi connectivity index (χ4v) is 3.71. The van der Waals surface area contributed by atoms with Gasteiger partial charge in [0.05, 0.1) is 0 Å². The molecule has 1 aliphatic rings. The molecule has 0 amide bonds. The van der Waals surface area contributed by atoms with E-state index in [1.807, 2.05) is 0 Å². The zero-order valence-corrected chi connectivity index (χ0v) is 12.9. The maximum atomic E-state index is 12.3. The van der Waals surface area contributed by atoms with E-state index in [1.54, 1.807) is 24.3 Å². The normalized spacial score (nSPS) is 21.6. The second kappa shape index (κ2) is 5.21. The first-order valence-electron chi connectivity index (χ1n) is 7.28. The Balaban J connectivity index is 2.05. The summed E-state index contributed by atoms with van der Waals surface area (Å²) in [6, 6.07) is 6.55. The smallest absolute Gasteiger partial charge is 0.163 e. The Morgan fingerprint density at radius 2 is 1.65 bits per heavy atom. The van der Waals surface area contributed by atoms with E-state index in [2.05, 4.69) is 33.0 Å². The average Bonchev–Trinajstić information content (AvgIpc) is 2.25. The average molecular weight is 275 g/mol. The number of aromatic hydroxyl groups is 1. The summed E-state index contributed by atoms with van der Waals surface area (Å²) in [4.78, 5) is 12.3. The zero-order valence-electron chi connectivity index (χ0n) is 12.9. The van der Waals surface area contributed by atoms with Crippen molar-refractivity contribution in [3.8, 4) is 5.75 Å². The molecule has 110 valence electrons. The molecule has 1 heterocycles. The van der Waals surface area contributed by atoms with Crippen LogP contribution in [0.4, 0.5) is 0 Å². The van der Waals surface area contributed by atoms with Crippen molar-refractivity contribution in [3.63, 3.8) is 0 Å². The van der Waals surface area contributed by atoms with Gasteiger partial charge in [0, 0.05) is 23.1 Å². The number of carbonyl (C=O) groups is 1.